The van der Waals surface area contributed by atoms with E-state index in [0.29, 0.717) is 6.42 Å². The molecule has 0 aliphatic carbocycles. The molecule has 0 aliphatic rings. The zero-order chi connectivity index (χ0) is 13.1. The number of rotatable bonds is 5. The van der Waals surface area contributed by atoms with E-state index in [-0.39, 0.29) is 6.42 Å². The second-order valence-electron chi connectivity index (χ2n) is 4.43. The molecule has 1 aromatic rings. The lowest BCUT2D eigenvalue weighted by Crippen LogP contribution is -2.36. The first-order valence-electron chi connectivity index (χ1n) is 5.38. The summed E-state index contributed by atoms with van der Waals surface area (Å²) in [6.45, 7) is 3.20. The summed E-state index contributed by atoms with van der Waals surface area (Å²) in [6, 6.07) is 7.63. The van der Waals surface area contributed by atoms with Crippen LogP contribution in [0.15, 0.2) is 24.3 Å². The lowest BCUT2D eigenvalue weighted by molar-refractivity contribution is -0.163. The van der Waals surface area contributed by atoms with Crippen molar-refractivity contribution < 1.29 is 19.8 Å². The monoisotopic (exact) mass is 236 g/mol. The second kappa shape index (κ2) is 4.99. The summed E-state index contributed by atoms with van der Waals surface area (Å²) in [4.78, 5) is 21.9. The summed E-state index contributed by atoms with van der Waals surface area (Å²) in [5.74, 6) is -2.59. The number of aryl methyl sites for hydroxylation is 2. The predicted octanol–water partition coefficient (Wildman–Crippen LogP) is 2.10. The van der Waals surface area contributed by atoms with Crippen LogP contribution in [0.25, 0.3) is 0 Å². The average Bonchev–Trinajstić information content (AvgIpc) is 2.27. The molecule has 0 bridgehead atoms. The minimum atomic E-state index is -1.72. The van der Waals surface area contributed by atoms with Gasteiger partial charge in [-0.1, -0.05) is 29.8 Å². The van der Waals surface area contributed by atoms with E-state index < -0.39 is 17.4 Å². The van der Waals surface area contributed by atoms with E-state index in [1.807, 2.05) is 31.2 Å². The molecule has 0 heterocycles. The first-order chi connectivity index (χ1) is 7.86. The van der Waals surface area contributed by atoms with Crippen LogP contribution in [0.2, 0.25) is 0 Å². The maximum atomic E-state index is 11.0. The molecule has 0 unspecified atom stereocenters. The molecule has 4 nitrogen and oxygen atoms in total. The van der Waals surface area contributed by atoms with Gasteiger partial charge in [-0.3, -0.25) is 9.59 Å². The number of carboxylic acids is 2. The highest BCUT2D eigenvalue weighted by Crippen LogP contribution is 2.24. The van der Waals surface area contributed by atoms with Crippen molar-refractivity contribution in [2.45, 2.75) is 26.7 Å². The number of carboxylic acid groups (broad SMARTS) is 2. The molecule has 17 heavy (non-hydrogen) atoms. The summed E-state index contributed by atoms with van der Waals surface area (Å²) in [5, 5.41) is 17.9. The van der Waals surface area contributed by atoms with Crippen LogP contribution in [0.3, 0.4) is 0 Å². The maximum Gasteiger partial charge on any atom is 0.320 e. The van der Waals surface area contributed by atoms with Gasteiger partial charge in [-0.25, -0.2) is 0 Å². The highest BCUT2D eigenvalue weighted by molar-refractivity contribution is 5.97. The third-order valence-electron chi connectivity index (χ3n) is 2.98. The fourth-order valence-corrected chi connectivity index (χ4v) is 1.45. The molecular formula is C13H16O4. The number of hydrogen-bond acceptors (Lipinski definition) is 2. The first kappa shape index (κ1) is 13.2. The van der Waals surface area contributed by atoms with Crippen LogP contribution in [0.1, 0.15) is 24.5 Å². The molecule has 2 N–H and O–H groups in total. The topological polar surface area (TPSA) is 74.6 Å². The van der Waals surface area contributed by atoms with Gasteiger partial charge in [0.2, 0.25) is 0 Å². The van der Waals surface area contributed by atoms with Gasteiger partial charge in [-0.05, 0) is 32.3 Å². The van der Waals surface area contributed by atoms with Crippen molar-refractivity contribution in [1.82, 2.24) is 0 Å². The quantitative estimate of drug-likeness (QED) is 0.768. The van der Waals surface area contributed by atoms with Gasteiger partial charge in [0.1, 0.15) is 0 Å². The summed E-state index contributed by atoms with van der Waals surface area (Å²) in [6.07, 6.45) is 0.524. The van der Waals surface area contributed by atoms with Gasteiger partial charge in [-0.15, -0.1) is 0 Å². The van der Waals surface area contributed by atoms with Crippen LogP contribution in [-0.4, -0.2) is 22.2 Å². The molecule has 92 valence electrons. The Morgan fingerprint density at radius 2 is 1.59 bits per heavy atom. The second-order valence-corrected chi connectivity index (χ2v) is 4.43. The van der Waals surface area contributed by atoms with Crippen LogP contribution >= 0.6 is 0 Å². The van der Waals surface area contributed by atoms with Crippen LogP contribution in [0.5, 0.6) is 0 Å². The normalized spacial score (nSPS) is 11.2. The molecule has 0 atom stereocenters. The fourth-order valence-electron chi connectivity index (χ4n) is 1.45. The minimum absolute atomic E-state index is 0.0841. The van der Waals surface area contributed by atoms with Crippen molar-refractivity contribution in [3.05, 3.63) is 35.4 Å². The van der Waals surface area contributed by atoms with E-state index in [1.165, 1.54) is 6.92 Å². The lowest BCUT2D eigenvalue weighted by Gasteiger charge is -2.19. The fraction of sp³-hybridized carbons (Fsp3) is 0.385. The molecule has 0 saturated heterocycles. The van der Waals surface area contributed by atoms with Crippen molar-refractivity contribution >= 4 is 11.9 Å². The first-order valence-corrected chi connectivity index (χ1v) is 5.38. The molecule has 1 aromatic carbocycles. The molecule has 0 saturated carbocycles. The van der Waals surface area contributed by atoms with Crippen molar-refractivity contribution in [3.8, 4) is 0 Å². The summed E-state index contributed by atoms with van der Waals surface area (Å²) in [5.41, 5.74) is 0.350. The Kier molecular flexibility index (Phi) is 3.89. The Hall–Kier alpha value is -1.84. The molecule has 0 radical (unpaired) electrons. The minimum Gasteiger partial charge on any atom is -0.480 e. The van der Waals surface area contributed by atoms with Gasteiger partial charge in [-0.2, -0.15) is 0 Å². The Balaban J connectivity index is 2.74. The lowest BCUT2D eigenvalue weighted by atomic mass is 9.84. The van der Waals surface area contributed by atoms with E-state index >= 15 is 0 Å². The van der Waals surface area contributed by atoms with E-state index in [1.54, 1.807) is 0 Å². The summed E-state index contributed by atoms with van der Waals surface area (Å²) >= 11 is 0. The van der Waals surface area contributed by atoms with Crippen LogP contribution in [0, 0.1) is 12.3 Å². The molecule has 1 rings (SSSR count). The molecule has 0 aliphatic heterocycles. The highest BCUT2D eigenvalue weighted by atomic mass is 16.4. The van der Waals surface area contributed by atoms with Gasteiger partial charge in [0.05, 0.1) is 0 Å². The van der Waals surface area contributed by atoms with Crippen molar-refractivity contribution in [2.24, 2.45) is 5.41 Å². The van der Waals surface area contributed by atoms with Gasteiger partial charge < -0.3 is 10.2 Å². The summed E-state index contributed by atoms with van der Waals surface area (Å²) in [7, 11) is 0. The Bertz CT molecular complexity index is 406. The zero-order valence-electron chi connectivity index (χ0n) is 9.93. The number of aliphatic carboxylic acids is 2. The molecule has 0 amide bonds. The van der Waals surface area contributed by atoms with Gasteiger partial charge in [0.25, 0.3) is 0 Å². The van der Waals surface area contributed by atoms with Crippen LogP contribution < -0.4 is 0 Å². The van der Waals surface area contributed by atoms with Crippen LogP contribution in [-0.2, 0) is 16.0 Å². The summed E-state index contributed by atoms with van der Waals surface area (Å²) < 4.78 is 0. The SMILES string of the molecule is Cc1ccc(CCC(C)(C(=O)O)C(=O)O)cc1. The third kappa shape index (κ3) is 3.06. The molecule has 0 fully saturated rings. The standard InChI is InChI=1S/C13H16O4/c1-9-3-5-10(6-4-9)7-8-13(2,11(14)15)12(16)17/h3-6H,7-8H2,1-2H3,(H,14,15)(H,16,17). The molecule has 0 spiro atoms. The molecule has 4 heteroatoms. The predicted molar refractivity (Wildman–Crippen MR) is 62.9 cm³/mol. The smallest absolute Gasteiger partial charge is 0.320 e. The zero-order valence-corrected chi connectivity index (χ0v) is 9.93. The van der Waals surface area contributed by atoms with E-state index in [4.69, 9.17) is 10.2 Å². The highest BCUT2D eigenvalue weighted by Gasteiger charge is 2.40. The number of carbonyl (C=O) groups is 2. The van der Waals surface area contributed by atoms with Crippen LogP contribution in [0.4, 0.5) is 0 Å². The van der Waals surface area contributed by atoms with E-state index in [9.17, 15) is 9.59 Å². The van der Waals surface area contributed by atoms with Crippen molar-refractivity contribution in [3.63, 3.8) is 0 Å². The van der Waals surface area contributed by atoms with E-state index in [2.05, 4.69) is 0 Å². The van der Waals surface area contributed by atoms with Gasteiger partial charge in [0, 0.05) is 0 Å². The Morgan fingerprint density at radius 1 is 1.12 bits per heavy atom. The number of hydrogen-bond donors (Lipinski definition) is 2. The Morgan fingerprint density at radius 3 is 2.00 bits per heavy atom. The maximum absolute atomic E-state index is 11.0. The number of benzene rings is 1. The van der Waals surface area contributed by atoms with E-state index in [0.717, 1.165) is 11.1 Å². The van der Waals surface area contributed by atoms with Gasteiger partial charge >= 0.3 is 11.9 Å². The van der Waals surface area contributed by atoms with Gasteiger partial charge in [0.15, 0.2) is 5.41 Å². The molecular weight excluding hydrogens is 220 g/mol. The van der Waals surface area contributed by atoms with Crippen molar-refractivity contribution in [1.29, 1.82) is 0 Å². The van der Waals surface area contributed by atoms with Crippen molar-refractivity contribution in [2.75, 3.05) is 0 Å². The molecule has 0 aromatic heterocycles. The third-order valence-corrected chi connectivity index (χ3v) is 2.98. The average molecular weight is 236 g/mol. The Labute approximate surface area is 99.9 Å². The largest absolute Gasteiger partial charge is 0.480 e.